The number of benzene rings is 2. The lowest BCUT2D eigenvalue weighted by atomic mass is 9.80. The zero-order chi connectivity index (χ0) is 23.6. The SMILES string of the molecule is O=C(Cc1ccc(-c2ccc3ncc(N4CCN(c5cnccn5)CC4)nc3c2)cc1)C1CCC1. The summed E-state index contributed by atoms with van der Waals surface area (Å²) in [7, 11) is 0. The van der Waals surface area contributed by atoms with Gasteiger partial charge in [0, 0.05) is 50.9 Å². The number of Topliss-reactive ketones (excluding diaryl/α,β-unsaturated/α-hetero) is 1. The highest BCUT2D eigenvalue weighted by molar-refractivity contribution is 5.85. The molecule has 0 unspecified atom stereocenters. The summed E-state index contributed by atoms with van der Waals surface area (Å²) >= 11 is 0. The molecule has 0 bridgehead atoms. The molecule has 0 atom stereocenters. The van der Waals surface area contributed by atoms with Crippen molar-refractivity contribution in [3.63, 3.8) is 0 Å². The summed E-state index contributed by atoms with van der Waals surface area (Å²) in [6.45, 7) is 3.46. The molecule has 1 saturated carbocycles. The van der Waals surface area contributed by atoms with Crippen molar-refractivity contribution in [2.45, 2.75) is 25.7 Å². The minimum atomic E-state index is 0.290. The molecule has 176 valence electrons. The van der Waals surface area contributed by atoms with Crippen LogP contribution < -0.4 is 9.80 Å². The molecule has 1 saturated heterocycles. The maximum absolute atomic E-state index is 12.3. The van der Waals surface area contributed by atoms with Gasteiger partial charge in [-0.15, -0.1) is 0 Å². The van der Waals surface area contributed by atoms with Gasteiger partial charge in [0.05, 0.1) is 23.4 Å². The highest BCUT2D eigenvalue weighted by atomic mass is 16.1. The smallest absolute Gasteiger partial charge is 0.147 e. The van der Waals surface area contributed by atoms with Gasteiger partial charge in [0.25, 0.3) is 0 Å². The van der Waals surface area contributed by atoms with Crippen molar-refractivity contribution < 1.29 is 4.79 Å². The Morgan fingerprint density at radius 1 is 0.800 bits per heavy atom. The number of fused-ring (bicyclic) bond motifs is 1. The number of ketones is 1. The third-order valence-electron chi connectivity index (χ3n) is 7.23. The van der Waals surface area contributed by atoms with Gasteiger partial charge in [-0.3, -0.25) is 14.8 Å². The largest absolute Gasteiger partial charge is 0.352 e. The van der Waals surface area contributed by atoms with E-state index < -0.39 is 0 Å². The van der Waals surface area contributed by atoms with E-state index in [1.54, 1.807) is 12.4 Å². The summed E-state index contributed by atoms with van der Waals surface area (Å²) in [5.74, 6) is 2.49. The number of rotatable bonds is 6. The van der Waals surface area contributed by atoms with Gasteiger partial charge in [-0.05, 0) is 41.7 Å². The molecule has 0 N–H and O–H groups in total. The fourth-order valence-electron chi connectivity index (χ4n) is 4.84. The third kappa shape index (κ3) is 4.58. The maximum Gasteiger partial charge on any atom is 0.147 e. The average molecular weight is 465 g/mol. The molecule has 7 heteroatoms. The van der Waals surface area contributed by atoms with Crippen molar-refractivity contribution in [3.05, 3.63) is 72.8 Å². The first-order valence-corrected chi connectivity index (χ1v) is 12.4. The van der Waals surface area contributed by atoms with E-state index in [1.165, 1.54) is 6.42 Å². The van der Waals surface area contributed by atoms with Crippen LogP contribution in [-0.2, 0) is 11.2 Å². The summed E-state index contributed by atoms with van der Waals surface area (Å²) in [6, 6.07) is 14.6. The fourth-order valence-corrected chi connectivity index (χ4v) is 4.84. The molecule has 3 heterocycles. The molecule has 0 radical (unpaired) electrons. The molecule has 2 aromatic carbocycles. The lowest BCUT2D eigenvalue weighted by Gasteiger charge is -2.35. The Morgan fingerprint density at radius 3 is 2.23 bits per heavy atom. The van der Waals surface area contributed by atoms with Crippen LogP contribution >= 0.6 is 0 Å². The zero-order valence-corrected chi connectivity index (χ0v) is 19.7. The van der Waals surface area contributed by atoms with Crippen LogP contribution in [0.1, 0.15) is 24.8 Å². The first kappa shape index (κ1) is 21.6. The monoisotopic (exact) mass is 464 g/mol. The number of hydrogen-bond donors (Lipinski definition) is 0. The van der Waals surface area contributed by atoms with E-state index in [1.807, 2.05) is 18.5 Å². The predicted molar refractivity (Wildman–Crippen MR) is 137 cm³/mol. The summed E-state index contributed by atoms with van der Waals surface area (Å²) in [5, 5.41) is 0. The summed E-state index contributed by atoms with van der Waals surface area (Å²) in [6.07, 6.45) is 11.0. The molecule has 1 aliphatic heterocycles. The number of piperazine rings is 1. The second-order valence-electron chi connectivity index (χ2n) is 9.44. The molecule has 1 aliphatic carbocycles. The van der Waals surface area contributed by atoms with Crippen LogP contribution in [0.3, 0.4) is 0 Å². The lowest BCUT2D eigenvalue weighted by molar-refractivity contribution is -0.124. The van der Waals surface area contributed by atoms with Gasteiger partial charge >= 0.3 is 0 Å². The first-order valence-electron chi connectivity index (χ1n) is 12.4. The number of anilines is 2. The standard InChI is InChI=1S/C28H28N6O/c35-26(22-2-1-3-22)16-20-4-6-21(7-5-20)23-8-9-24-25(17-23)32-28(19-31-24)34-14-12-33(13-15-34)27-18-29-10-11-30-27/h4-11,17-19,22H,1-3,12-16H2. The minimum absolute atomic E-state index is 0.290. The van der Waals surface area contributed by atoms with Crippen LogP contribution in [0.2, 0.25) is 0 Å². The van der Waals surface area contributed by atoms with Crippen LogP contribution in [0.4, 0.5) is 11.6 Å². The van der Waals surface area contributed by atoms with Crippen molar-refractivity contribution in [2.24, 2.45) is 5.92 Å². The van der Waals surface area contributed by atoms with E-state index in [-0.39, 0.29) is 5.92 Å². The zero-order valence-electron chi connectivity index (χ0n) is 19.7. The Morgan fingerprint density at radius 2 is 1.54 bits per heavy atom. The van der Waals surface area contributed by atoms with E-state index in [2.05, 4.69) is 61.1 Å². The van der Waals surface area contributed by atoms with Crippen LogP contribution in [0.5, 0.6) is 0 Å². The van der Waals surface area contributed by atoms with Crippen molar-refractivity contribution in [1.29, 1.82) is 0 Å². The van der Waals surface area contributed by atoms with Crippen molar-refractivity contribution in [1.82, 2.24) is 19.9 Å². The highest BCUT2D eigenvalue weighted by Gasteiger charge is 2.25. The Balaban J connectivity index is 1.16. The maximum atomic E-state index is 12.3. The Labute approximate surface area is 204 Å². The molecule has 2 aromatic heterocycles. The molecule has 7 nitrogen and oxygen atoms in total. The van der Waals surface area contributed by atoms with Gasteiger partial charge in [0.2, 0.25) is 0 Å². The van der Waals surface area contributed by atoms with Crippen molar-refractivity contribution in [3.8, 4) is 11.1 Å². The molecular formula is C28H28N6O. The van der Waals surface area contributed by atoms with E-state index in [4.69, 9.17) is 4.98 Å². The molecular weight excluding hydrogens is 436 g/mol. The minimum Gasteiger partial charge on any atom is -0.352 e. The van der Waals surface area contributed by atoms with Crippen LogP contribution in [0.15, 0.2) is 67.3 Å². The molecule has 0 amide bonds. The number of aromatic nitrogens is 4. The van der Waals surface area contributed by atoms with Gasteiger partial charge < -0.3 is 9.80 Å². The first-order chi connectivity index (χ1) is 17.2. The van der Waals surface area contributed by atoms with E-state index >= 15 is 0 Å². The Hall–Kier alpha value is -3.87. The quantitative estimate of drug-likeness (QED) is 0.421. The lowest BCUT2D eigenvalue weighted by Crippen LogP contribution is -2.47. The van der Waals surface area contributed by atoms with Gasteiger partial charge in [0.15, 0.2) is 0 Å². The van der Waals surface area contributed by atoms with Crippen molar-refractivity contribution in [2.75, 3.05) is 36.0 Å². The molecule has 4 aromatic rings. The normalized spacial score (nSPS) is 16.3. The summed E-state index contributed by atoms with van der Waals surface area (Å²) in [5.41, 5.74) is 5.10. The Bertz CT molecular complexity index is 1330. The van der Waals surface area contributed by atoms with Gasteiger partial charge in [-0.25, -0.2) is 9.97 Å². The second-order valence-corrected chi connectivity index (χ2v) is 9.44. The molecule has 35 heavy (non-hydrogen) atoms. The number of nitrogens with zero attached hydrogens (tertiary/aromatic N) is 6. The third-order valence-corrected chi connectivity index (χ3v) is 7.23. The highest BCUT2D eigenvalue weighted by Crippen LogP contribution is 2.29. The second kappa shape index (κ2) is 9.41. The molecule has 2 fully saturated rings. The molecule has 0 spiro atoms. The van der Waals surface area contributed by atoms with Gasteiger partial charge in [-0.2, -0.15) is 0 Å². The summed E-state index contributed by atoms with van der Waals surface area (Å²) < 4.78 is 0. The van der Waals surface area contributed by atoms with Gasteiger partial charge in [-0.1, -0.05) is 36.8 Å². The molecule has 2 aliphatic rings. The van der Waals surface area contributed by atoms with Crippen LogP contribution in [0.25, 0.3) is 22.2 Å². The topological polar surface area (TPSA) is 75.1 Å². The van der Waals surface area contributed by atoms with Crippen LogP contribution in [-0.4, -0.2) is 51.9 Å². The van der Waals surface area contributed by atoms with Crippen molar-refractivity contribution >= 4 is 28.5 Å². The van der Waals surface area contributed by atoms with Gasteiger partial charge in [0.1, 0.15) is 17.4 Å². The van der Waals surface area contributed by atoms with E-state index in [9.17, 15) is 4.79 Å². The van der Waals surface area contributed by atoms with E-state index in [0.717, 1.165) is 78.4 Å². The number of hydrogen-bond acceptors (Lipinski definition) is 7. The Kier molecular flexibility index (Phi) is 5.82. The molecule has 6 rings (SSSR count). The summed E-state index contributed by atoms with van der Waals surface area (Å²) in [4.78, 5) is 35.1. The number of carbonyl (C=O) groups excluding carboxylic acids is 1. The predicted octanol–water partition coefficient (Wildman–Crippen LogP) is 4.33. The fraction of sp³-hybridized carbons (Fsp3) is 0.321. The number of carbonyl (C=O) groups is 1. The average Bonchev–Trinajstić information content (AvgIpc) is 2.88. The van der Waals surface area contributed by atoms with Crippen LogP contribution in [0, 0.1) is 5.92 Å². The van der Waals surface area contributed by atoms with E-state index in [0.29, 0.717) is 12.2 Å².